The Morgan fingerprint density at radius 3 is 2.30 bits per heavy atom. The minimum Gasteiger partial charge on any atom is -0.748 e. The molecule has 0 saturated carbocycles. The van der Waals surface area contributed by atoms with E-state index < -0.39 is 22.0 Å². The maximum atomic E-state index is 12.8. The molecule has 0 radical (unpaired) electrons. The maximum Gasteiger partial charge on any atom is 1.00 e. The van der Waals surface area contributed by atoms with Gasteiger partial charge in [0.05, 0.1) is 22.5 Å². The van der Waals surface area contributed by atoms with Crippen LogP contribution in [0.2, 0.25) is 0 Å². The number of Topliss-reactive ketones (excluding diaryl/α,β-unsaturated/α-hetero) is 1. The first-order valence-electron chi connectivity index (χ1n) is 12.1. The molecule has 10 heteroatoms. The van der Waals surface area contributed by atoms with Crippen LogP contribution in [0.25, 0.3) is 0 Å². The van der Waals surface area contributed by atoms with Gasteiger partial charge in [-0.05, 0) is 32.1 Å². The van der Waals surface area contributed by atoms with Crippen molar-refractivity contribution >= 4 is 21.7 Å². The summed E-state index contributed by atoms with van der Waals surface area (Å²) in [4.78, 5) is 14.6. The molecular formula is C23H42N2NaO6S+. The van der Waals surface area contributed by atoms with E-state index >= 15 is 0 Å². The number of aliphatic hydroxyl groups excluding tert-OH is 2. The fourth-order valence-electron chi connectivity index (χ4n) is 4.00. The summed E-state index contributed by atoms with van der Waals surface area (Å²) in [6, 6.07) is 0. The van der Waals surface area contributed by atoms with Gasteiger partial charge in [0.15, 0.2) is 0 Å². The first-order valence-corrected chi connectivity index (χ1v) is 13.6. The summed E-state index contributed by atoms with van der Waals surface area (Å²) in [5.41, 5.74) is 0. The summed E-state index contributed by atoms with van der Waals surface area (Å²) >= 11 is 0. The fourth-order valence-corrected chi connectivity index (χ4v) is 4.58. The van der Waals surface area contributed by atoms with Crippen LogP contribution in [-0.2, 0) is 14.9 Å². The third-order valence-electron chi connectivity index (χ3n) is 5.60. The number of aliphatic hydroxyl groups is 2. The van der Waals surface area contributed by atoms with Crippen molar-refractivity contribution in [1.29, 1.82) is 0 Å². The molecule has 0 saturated heterocycles. The number of carbonyl (C=O) groups excluding carboxylic acids is 1. The number of hydrogen-bond donors (Lipinski definition) is 2. The molecule has 186 valence electrons. The Hall–Kier alpha value is -0.290. The Balaban J connectivity index is 0.0000102. The number of hydrogen-bond acceptors (Lipinski definition) is 7. The molecule has 2 N–H and O–H groups in total. The number of nitrogens with zero attached hydrogens (tertiary/aromatic N) is 2. The molecule has 1 aliphatic rings. The molecule has 1 aliphatic heterocycles. The van der Waals surface area contributed by atoms with Gasteiger partial charge in [0, 0.05) is 6.42 Å². The topological polar surface area (TPSA) is 121 Å². The molecule has 33 heavy (non-hydrogen) atoms. The van der Waals surface area contributed by atoms with Gasteiger partial charge in [-0.15, -0.1) is 0 Å². The largest absolute Gasteiger partial charge is 1.00 e. The van der Waals surface area contributed by atoms with Crippen molar-refractivity contribution in [3.05, 3.63) is 12.2 Å². The van der Waals surface area contributed by atoms with Crippen molar-refractivity contribution in [3.63, 3.8) is 0 Å². The second-order valence-electron chi connectivity index (χ2n) is 8.56. The van der Waals surface area contributed by atoms with Crippen LogP contribution in [0.5, 0.6) is 0 Å². The van der Waals surface area contributed by atoms with Crippen LogP contribution in [0.1, 0.15) is 77.6 Å². The Bertz CT molecular complexity index is 712. The summed E-state index contributed by atoms with van der Waals surface area (Å²) in [6.45, 7) is 3.29. The smallest absolute Gasteiger partial charge is 0.748 e. The molecule has 0 aliphatic carbocycles. The summed E-state index contributed by atoms with van der Waals surface area (Å²) in [7, 11) is -4.54. The van der Waals surface area contributed by atoms with Crippen LogP contribution in [-0.4, -0.2) is 88.9 Å². The van der Waals surface area contributed by atoms with Gasteiger partial charge in [0.2, 0.25) is 5.78 Å². The minimum absolute atomic E-state index is 0. The van der Waals surface area contributed by atoms with E-state index in [2.05, 4.69) is 19.1 Å². The van der Waals surface area contributed by atoms with Crippen LogP contribution in [0.4, 0.5) is 0 Å². The van der Waals surface area contributed by atoms with Gasteiger partial charge in [-0.3, -0.25) is 14.3 Å². The molecule has 0 aromatic heterocycles. The van der Waals surface area contributed by atoms with Gasteiger partial charge < -0.3 is 14.8 Å². The fraction of sp³-hybridized carbons (Fsp3) is 0.826. The average Bonchev–Trinajstić information content (AvgIpc) is 3.09. The zero-order valence-electron chi connectivity index (χ0n) is 20.6. The molecule has 0 aromatic rings. The number of unbranched alkanes of at least 4 members (excludes halogenated alkanes) is 8. The summed E-state index contributed by atoms with van der Waals surface area (Å²) < 4.78 is 34.3. The third-order valence-corrected chi connectivity index (χ3v) is 6.39. The predicted molar refractivity (Wildman–Crippen MR) is 125 cm³/mol. The van der Waals surface area contributed by atoms with E-state index in [1.54, 1.807) is 9.48 Å². The zero-order valence-corrected chi connectivity index (χ0v) is 23.4. The van der Waals surface area contributed by atoms with Crippen molar-refractivity contribution in [2.45, 2.75) is 83.7 Å². The SMILES string of the molecule is CCCCCCC/C=C/CCCCCC(=O)C1=[N+](CC(O)CS(=O)(=O)[O-])CCN1CCO.[Na+]. The van der Waals surface area contributed by atoms with E-state index in [1.165, 1.54) is 32.1 Å². The van der Waals surface area contributed by atoms with E-state index in [4.69, 9.17) is 0 Å². The van der Waals surface area contributed by atoms with Crippen molar-refractivity contribution in [3.8, 4) is 0 Å². The Labute approximate surface area is 222 Å². The normalized spacial score (nSPS) is 15.3. The zero-order chi connectivity index (χ0) is 23.8. The van der Waals surface area contributed by atoms with Crippen LogP contribution >= 0.6 is 0 Å². The van der Waals surface area contributed by atoms with Crippen LogP contribution in [0, 0.1) is 0 Å². The van der Waals surface area contributed by atoms with Crippen LogP contribution < -0.4 is 29.6 Å². The number of ketones is 1. The first kappa shape index (κ1) is 32.7. The molecule has 1 unspecified atom stereocenters. The number of allylic oxidation sites excluding steroid dienone is 2. The van der Waals surface area contributed by atoms with Crippen molar-refractivity contribution in [2.24, 2.45) is 0 Å². The minimum atomic E-state index is -4.54. The number of rotatable bonds is 19. The van der Waals surface area contributed by atoms with Gasteiger partial charge in [0.25, 0.3) is 0 Å². The second kappa shape index (κ2) is 19.0. The summed E-state index contributed by atoms with van der Waals surface area (Å²) in [6.07, 6.45) is 14.8. The van der Waals surface area contributed by atoms with Gasteiger partial charge in [-0.25, -0.2) is 8.42 Å². The van der Waals surface area contributed by atoms with Gasteiger partial charge in [-0.2, -0.15) is 0 Å². The molecule has 0 spiro atoms. The van der Waals surface area contributed by atoms with E-state index in [9.17, 15) is 28.0 Å². The monoisotopic (exact) mass is 497 g/mol. The molecule has 1 rings (SSSR count). The van der Waals surface area contributed by atoms with Gasteiger partial charge in [0.1, 0.15) is 32.3 Å². The predicted octanol–water partition coefficient (Wildman–Crippen LogP) is -0.948. The summed E-state index contributed by atoms with van der Waals surface area (Å²) in [5, 5.41) is 19.2. The quantitative estimate of drug-likeness (QED) is 0.0776. The number of β-amino-alcohol motifs (C(OH)–C–C–N with tert-alkyl or cyclic N) is 2. The van der Waals surface area contributed by atoms with E-state index in [0.29, 0.717) is 31.9 Å². The third kappa shape index (κ3) is 15.3. The Morgan fingerprint density at radius 2 is 1.73 bits per heavy atom. The molecule has 0 bridgehead atoms. The van der Waals surface area contributed by atoms with E-state index in [0.717, 1.165) is 32.1 Å². The Kier molecular flexibility index (Phi) is 18.8. The molecule has 0 fully saturated rings. The average molecular weight is 498 g/mol. The second-order valence-corrected chi connectivity index (χ2v) is 10.0. The van der Waals surface area contributed by atoms with E-state index in [1.807, 2.05) is 0 Å². The standard InChI is InChI=1S/C23H42N2O6S.Na/c1-2-3-4-5-6-7-8-9-10-11-12-13-14-22(28)23-24(17-18-26)15-16-25(23)19-21(27)20-32(29,30)31;/h8-9,21,26-27H,2-7,10-20H2,1H3;/q;+1/b9-8+;. The van der Waals surface area contributed by atoms with Gasteiger partial charge in [-0.1, -0.05) is 51.2 Å². The Morgan fingerprint density at radius 1 is 1.12 bits per heavy atom. The maximum absolute atomic E-state index is 12.8. The molecule has 0 aromatic carbocycles. The number of carbonyl (C=O) groups is 1. The molecule has 1 atom stereocenters. The van der Waals surface area contributed by atoms with Crippen LogP contribution in [0.3, 0.4) is 0 Å². The molecule has 8 nitrogen and oxygen atoms in total. The van der Waals surface area contributed by atoms with Gasteiger partial charge >= 0.3 is 35.4 Å². The molecular weight excluding hydrogens is 455 g/mol. The summed E-state index contributed by atoms with van der Waals surface area (Å²) in [5.74, 6) is -0.544. The first-order chi connectivity index (χ1) is 15.3. The van der Waals surface area contributed by atoms with E-state index in [-0.39, 0.29) is 48.5 Å². The molecule has 0 amide bonds. The molecule has 1 heterocycles. The van der Waals surface area contributed by atoms with Crippen molar-refractivity contribution in [2.75, 3.05) is 38.5 Å². The van der Waals surface area contributed by atoms with Crippen molar-refractivity contribution in [1.82, 2.24) is 4.90 Å². The van der Waals surface area contributed by atoms with Crippen LogP contribution in [0.15, 0.2) is 12.2 Å². The van der Waals surface area contributed by atoms with Crippen molar-refractivity contribution < 1.29 is 62.1 Å². The number of amidine groups is 1.